The molecule has 1 amide bonds. The van der Waals surface area contributed by atoms with Gasteiger partial charge in [0.05, 0.1) is 12.2 Å². The first-order valence-electron chi connectivity index (χ1n) is 7.40. The average Bonchev–Trinajstić information content (AvgIpc) is 2.57. The van der Waals surface area contributed by atoms with E-state index in [4.69, 9.17) is 16.3 Å². The van der Waals surface area contributed by atoms with Gasteiger partial charge >= 0.3 is 0 Å². The van der Waals surface area contributed by atoms with Gasteiger partial charge in [0.2, 0.25) is 0 Å². The maximum Gasteiger partial charge on any atom is 0.252 e. The average molecular weight is 334 g/mol. The summed E-state index contributed by atoms with van der Waals surface area (Å²) < 4.78 is 4.89. The van der Waals surface area contributed by atoms with Crippen LogP contribution in [-0.2, 0) is 11.2 Å². The summed E-state index contributed by atoms with van der Waals surface area (Å²) in [6.07, 6.45) is 2.44. The van der Waals surface area contributed by atoms with Crippen LogP contribution in [0.2, 0.25) is 5.02 Å². The number of carbonyl (C=O) groups excluding carboxylic acids is 1. The van der Waals surface area contributed by atoms with Gasteiger partial charge in [0.25, 0.3) is 5.91 Å². The van der Waals surface area contributed by atoms with Crippen LogP contribution in [-0.4, -0.2) is 37.7 Å². The Morgan fingerprint density at radius 3 is 2.61 bits per heavy atom. The number of hydrogen-bond acceptors (Lipinski definition) is 4. The third-order valence-corrected chi connectivity index (χ3v) is 3.50. The van der Waals surface area contributed by atoms with E-state index in [1.54, 1.807) is 25.4 Å². The first kappa shape index (κ1) is 17.2. The van der Waals surface area contributed by atoms with Gasteiger partial charge in [0, 0.05) is 31.4 Å². The van der Waals surface area contributed by atoms with Crippen molar-refractivity contribution in [3.05, 3.63) is 58.7 Å². The van der Waals surface area contributed by atoms with Crippen molar-refractivity contribution in [2.75, 3.05) is 32.1 Å². The quantitative estimate of drug-likeness (QED) is 0.729. The molecule has 1 aromatic heterocycles. The van der Waals surface area contributed by atoms with E-state index >= 15 is 0 Å². The van der Waals surface area contributed by atoms with Crippen molar-refractivity contribution in [2.24, 2.45) is 0 Å². The topological polar surface area (TPSA) is 63.2 Å². The summed E-state index contributed by atoms with van der Waals surface area (Å²) in [6.45, 7) is 1.73. The number of carbonyl (C=O) groups is 1. The summed E-state index contributed by atoms with van der Waals surface area (Å²) in [5.41, 5.74) is 1.74. The molecule has 0 atom stereocenters. The molecule has 122 valence electrons. The summed E-state index contributed by atoms with van der Waals surface area (Å²) >= 11 is 5.86. The lowest BCUT2D eigenvalue weighted by Gasteiger charge is -2.07. The lowest BCUT2D eigenvalue weighted by molar-refractivity contribution is 0.0937. The molecule has 0 aliphatic rings. The van der Waals surface area contributed by atoms with Gasteiger partial charge in [-0.2, -0.15) is 0 Å². The van der Waals surface area contributed by atoms with Crippen molar-refractivity contribution in [2.45, 2.75) is 6.42 Å². The zero-order valence-electron chi connectivity index (χ0n) is 13.0. The smallest absolute Gasteiger partial charge is 0.252 e. The second kappa shape index (κ2) is 9.12. The van der Waals surface area contributed by atoms with E-state index < -0.39 is 0 Å². The second-order valence-electron chi connectivity index (χ2n) is 4.98. The number of rotatable bonds is 8. The maximum atomic E-state index is 11.8. The van der Waals surface area contributed by atoms with Crippen LogP contribution in [0, 0.1) is 0 Å². The molecular formula is C17H20ClN3O2. The highest BCUT2D eigenvalue weighted by Gasteiger charge is 2.05. The van der Waals surface area contributed by atoms with Crippen LogP contribution in [0.3, 0.4) is 0 Å². The zero-order valence-corrected chi connectivity index (χ0v) is 13.8. The number of nitrogens with zero attached hydrogens (tertiary/aromatic N) is 1. The number of pyridine rings is 1. The van der Waals surface area contributed by atoms with E-state index in [0.29, 0.717) is 18.7 Å². The van der Waals surface area contributed by atoms with E-state index in [-0.39, 0.29) is 5.91 Å². The third-order valence-electron chi connectivity index (χ3n) is 3.25. The van der Waals surface area contributed by atoms with Crippen molar-refractivity contribution < 1.29 is 9.53 Å². The van der Waals surface area contributed by atoms with Gasteiger partial charge in [-0.3, -0.25) is 4.79 Å². The normalized spacial score (nSPS) is 10.3. The van der Waals surface area contributed by atoms with Crippen LogP contribution in [0.4, 0.5) is 5.82 Å². The van der Waals surface area contributed by atoms with Gasteiger partial charge in [-0.05, 0) is 36.2 Å². The van der Waals surface area contributed by atoms with Crippen LogP contribution >= 0.6 is 11.6 Å². The first-order chi connectivity index (χ1) is 11.2. The van der Waals surface area contributed by atoms with E-state index in [0.717, 1.165) is 23.8 Å². The van der Waals surface area contributed by atoms with E-state index in [2.05, 4.69) is 15.6 Å². The number of amides is 1. The Hall–Kier alpha value is -2.11. The van der Waals surface area contributed by atoms with E-state index in [9.17, 15) is 4.79 Å². The van der Waals surface area contributed by atoms with Crippen LogP contribution < -0.4 is 10.6 Å². The van der Waals surface area contributed by atoms with Gasteiger partial charge in [-0.1, -0.05) is 23.7 Å². The van der Waals surface area contributed by atoms with E-state index in [1.807, 2.05) is 24.3 Å². The fraction of sp³-hybridized carbons (Fsp3) is 0.294. The Labute approximate surface area is 141 Å². The number of aromatic nitrogens is 1. The third kappa shape index (κ3) is 5.88. The molecule has 2 rings (SSSR count). The summed E-state index contributed by atoms with van der Waals surface area (Å²) in [5, 5.41) is 6.72. The molecule has 6 heteroatoms. The van der Waals surface area contributed by atoms with Crippen molar-refractivity contribution in [1.29, 1.82) is 0 Å². The van der Waals surface area contributed by atoms with Gasteiger partial charge in [0.15, 0.2) is 0 Å². The zero-order chi connectivity index (χ0) is 16.5. The van der Waals surface area contributed by atoms with Crippen molar-refractivity contribution in [3.8, 4) is 0 Å². The minimum atomic E-state index is -0.151. The molecule has 23 heavy (non-hydrogen) atoms. The largest absolute Gasteiger partial charge is 0.383 e. The highest BCUT2D eigenvalue weighted by molar-refractivity contribution is 6.30. The van der Waals surface area contributed by atoms with Crippen LogP contribution in [0.15, 0.2) is 42.6 Å². The molecule has 0 unspecified atom stereocenters. The summed E-state index contributed by atoms with van der Waals surface area (Å²) in [5.74, 6) is 0.592. The fourth-order valence-corrected chi connectivity index (χ4v) is 2.11. The number of benzene rings is 1. The number of halogens is 1. The van der Waals surface area contributed by atoms with E-state index in [1.165, 1.54) is 5.56 Å². The highest BCUT2D eigenvalue weighted by atomic mass is 35.5. The molecule has 0 saturated carbocycles. The first-order valence-corrected chi connectivity index (χ1v) is 7.78. The van der Waals surface area contributed by atoms with Crippen molar-refractivity contribution in [3.63, 3.8) is 0 Å². The Balaban J connectivity index is 1.78. The Kier molecular flexibility index (Phi) is 6.84. The Bertz CT molecular complexity index is 615. The van der Waals surface area contributed by atoms with Crippen LogP contribution in [0.1, 0.15) is 15.9 Å². The number of nitrogens with one attached hydrogen (secondary N) is 2. The molecule has 2 N–H and O–H groups in total. The van der Waals surface area contributed by atoms with Gasteiger partial charge in [-0.15, -0.1) is 0 Å². The standard InChI is InChI=1S/C17H20ClN3O2/c1-23-11-10-20-17(22)14-4-7-16(21-12-14)19-9-8-13-2-5-15(18)6-3-13/h2-7,12H,8-11H2,1H3,(H,19,21)(H,20,22). The molecule has 0 fully saturated rings. The predicted octanol–water partition coefficient (Wildman–Crippen LogP) is 2.77. The highest BCUT2D eigenvalue weighted by Crippen LogP contribution is 2.10. The molecule has 1 heterocycles. The van der Waals surface area contributed by atoms with Gasteiger partial charge < -0.3 is 15.4 Å². The van der Waals surface area contributed by atoms with Crippen LogP contribution in [0.5, 0.6) is 0 Å². The molecule has 0 saturated heterocycles. The molecule has 0 bridgehead atoms. The van der Waals surface area contributed by atoms with Gasteiger partial charge in [-0.25, -0.2) is 4.98 Å². The molecular weight excluding hydrogens is 314 g/mol. The number of methoxy groups -OCH3 is 1. The second-order valence-corrected chi connectivity index (χ2v) is 5.42. The summed E-state index contributed by atoms with van der Waals surface area (Å²) in [7, 11) is 1.60. The number of hydrogen-bond donors (Lipinski definition) is 2. The Morgan fingerprint density at radius 2 is 1.96 bits per heavy atom. The molecule has 5 nitrogen and oxygen atoms in total. The molecule has 2 aromatic rings. The minimum Gasteiger partial charge on any atom is -0.383 e. The summed E-state index contributed by atoms with van der Waals surface area (Å²) in [4.78, 5) is 16.1. The lowest BCUT2D eigenvalue weighted by Crippen LogP contribution is -2.27. The van der Waals surface area contributed by atoms with Crippen LogP contribution in [0.25, 0.3) is 0 Å². The SMILES string of the molecule is COCCNC(=O)c1ccc(NCCc2ccc(Cl)cc2)nc1. The number of anilines is 1. The maximum absolute atomic E-state index is 11.8. The monoisotopic (exact) mass is 333 g/mol. The molecule has 0 spiro atoms. The predicted molar refractivity (Wildman–Crippen MR) is 92.1 cm³/mol. The van der Waals surface area contributed by atoms with Crippen molar-refractivity contribution in [1.82, 2.24) is 10.3 Å². The Morgan fingerprint density at radius 1 is 1.17 bits per heavy atom. The molecule has 0 aliphatic carbocycles. The lowest BCUT2D eigenvalue weighted by atomic mass is 10.1. The molecule has 0 radical (unpaired) electrons. The number of ether oxygens (including phenoxy) is 1. The molecule has 1 aromatic carbocycles. The van der Waals surface area contributed by atoms with Crippen molar-refractivity contribution >= 4 is 23.3 Å². The fourth-order valence-electron chi connectivity index (χ4n) is 1.99. The minimum absolute atomic E-state index is 0.151. The summed E-state index contributed by atoms with van der Waals surface area (Å²) in [6, 6.07) is 11.3. The van der Waals surface area contributed by atoms with Gasteiger partial charge in [0.1, 0.15) is 5.82 Å². The molecule has 0 aliphatic heterocycles.